The van der Waals surface area contributed by atoms with Crippen molar-refractivity contribution in [2.45, 2.75) is 52.9 Å². The van der Waals surface area contributed by atoms with Crippen LogP contribution in [0.3, 0.4) is 0 Å². The number of hydrogen-bond acceptors (Lipinski definition) is 3. The molecule has 1 N–H and O–H groups in total. The molecule has 0 radical (unpaired) electrons. The highest BCUT2D eigenvalue weighted by atomic mass is 32.1. The number of aromatic nitrogens is 1. The SMILES string of the molecule is CCCNCC(C)Cc1nc(C(C)(C)C)cs1. The van der Waals surface area contributed by atoms with E-state index < -0.39 is 0 Å². The molecule has 0 aliphatic rings. The van der Waals surface area contributed by atoms with Crippen molar-refractivity contribution in [2.24, 2.45) is 5.92 Å². The fourth-order valence-electron chi connectivity index (χ4n) is 1.64. The van der Waals surface area contributed by atoms with Gasteiger partial charge in [0, 0.05) is 17.2 Å². The zero-order valence-corrected chi connectivity index (χ0v) is 12.7. The van der Waals surface area contributed by atoms with E-state index in [1.165, 1.54) is 17.1 Å². The lowest BCUT2D eigenvalue weighted by molar-refractivity contribution is 0.506. The minimum atomic E-state index is 0.179. The van der Waals surface area contributed by atoms with E-state index in [2.05, 4.69) is 45.3 Å². The summed E-state index contributed by atoms with van der Waals surface area (Å²) in [6, 6.07) is 0. The van der Waals surface area contributed by atoms with Gasteiger partial charge in [-0.2, -0.15) is 0 Å². The smallest absolute Gasteiger partial charge is 0.0931 e. The van der Waals surface area contributed by atoms with E-state index >= 15 is 0 Å². The Labute approximate surface area is 110 Å². The van der Waals surface area contributed by atoms with Crippen LogP contribution in [0, 0.1) is 5.92 Å². The molecule has 1 aromatic heterocycles. The first-order valence-electron chi connectivity index (χ1n) is 6.59. The molecule has 1 atom stereocenters. The van der Waals surface area contributed by atoms with Gasteiger partial charge in [-0.05, 0) is 25.4 Å². The highest BCUT2D eigenvalue weighted by Crippen LogP contribution is 2.24. The van der Waals surface area contributed by atoms with Gasteiger partial charge in [0.05, 0.1) is 10.7 Å². The quantitative estimate of drug-likeness (QED) is 0.784. The summed E-state index contributed by atoms with van der Waals surface area (Å²) in [5.74, 6) is 0.667. The first kappa shape index (κ1) is 14.7. The second-order valence-electron chi connectivity index (χ2n) is 5.89. The molecule has 1 rings (SSSR count). The third-order valence-electron chi connectivity index (χ3n) is 2.76. The Morgan fingerprint density at radius 2 is 2.12 bits per heavy atom. The van der Waals surface area contributed by atoms with Crippen molar-refractivity contribution in [1.29, 1.82) is 0 Å². The van der Waals surface area contributed by atoms with Crippen LogP contribution in [0.2, 0.25) is 0 Å². The van der Waals surface area contributed by atoms with Crippen LogP contribution in [-0.2, 0) is 11.8 Å². The fourth-order valence-corrected chi connectivity index (χ4v) is 2.83. The molecular weight excluding hydrogens is 228 g/mol. The molecule has 0 bridgehead atoms. The molecule has 0 aliphatic heterocycles. The summed E-state index contributed by atoms with van der Waals surface area (Å²) in [4.78, 5) is 4.74. The molecule has 0 saturated carbocycles. The van der Waals surface area contributed by atoms with Gasteiger partial charge in [0.2, 0.25) is 0 Å². The molecular formula is C14H26N2S. The molecule has 1 aromatic rings. The lowest BCUT2D eigenvalue weighted by Gasteiger charge is -2.14. The molecule has 17 heavy (non-hydrogen) atoms. The van der Waals surface area contributed by atoms with E-state index in [-0.39, 0.29) is 5.41 Å². The van der Waals surface area contributed by atoms with E-state index in [4.69, 9.17) is 4.98 Å². The summed E-state index contributed by atoms with van der Waals surface area (Å²) < 4.78 is 0. The lowest BCUT2D eigenvalue weighted by atomic mass is 9.93. The normalized spacial score (nSPS) is 13.9. The van der Waals surface area contributed by atoms with E-state index in [9.17, 15) is 0 Å². The van der Waals surface area contributed by atoms with Crippen molar-refractivity contribution in [1.82, 2.24) is 10.3 Å². The maximum Gasteiger partial charge on any atom is 0.0931 e. The Kier molecular flexibility index (Phi) is 5.60. The molecule has 2 nitrogen and oxygen atoms in total. The van der Waals surface area contributed by atoms with Crippen LogP contribution in [0.1, 0.15) is 51.7 Å². The maximum atomic E-state index is 4.74. The third kappa shape index (κ3) is 5.17. The van der Waals surface area contributed by atoms with Gasteiger partial charge in [-0.15, -0.1) is 11.3 Å². The monoisotopic (exact) mass is 254 g/mol. The van der Waals surface area contributed by atoms with Gasteiger partial charge in [0.15, 0.2) is 0 Å². The molecule has 0 spiro atoms. The standard InChI is InChI=1S/C14H26N2S/c1-6-7-15-9-11(2)8-13-16-12(10-17-13)14(3,4)5/h10-11,15H,6-9H2,1-5H3. The number of hydrogen-bond donors (Lipinski definition) is 1. The van der Waals surface area contributed by atoms with E-state index in [1.54, 1.807) is 11.3 Å². The summed E-state index contributed by atoms with van der Waals surface area (Å²) in [6.07, 6.45) is 2.30. The summed E-state index contributed by atoms with van der Waals surface area (Å²) in [5.41, 5.74) is 1.41. The van der Waals surface area contributed by atoms with Gasteiger partial charge >= 0.3 is 0 Å². The molecule has 0 aromatic carbocycles. The van der Waals surface area contributed by atoms with Crippen LogP contribution in [-0.4, -0.2) is 18.1 Å². The molecule has 1 unspecified atom stereocenters. The van der Waals surface area contributed by atoms with Crippen molar-refractivity contribution >= 4 is 11.3 Å². The zero-order valence-electron chi connectivity index (χ0n) is 11.8. The third-order valence-corrected chi connectivity index (χ3v) is 3.63. The Morgan fingerprint density at radius 3 is 2.65 bits per heavy atom. The minimum absolute atomic E-state index is 0.179. The summed E-state index contributed by atoms with van der Waals surface area (Å²) in [7, 11) is 0. The fraction of sp³-hybridized carbons (Fsp3) is 0.786. The predicted octanol–water partition coefficient (Wildman–Crippen LogP) is 3.62. The average Bonchev–Trinajstić information content (AvgIpc) is 2.66. The molecule has 1 heterocycles. The van der Waals surface area contributed by atoms with Crippen molar-refractivity contribution < 1.29 is 0 Å². The highest BCUT2D eigenvalue weighted by molar-refractivity contribution is 7.09. The first-order valence-corrected chi connectivity index (χ1v) is 7.47. The van der Waals surface area contributed by atoms with Crippen LogP contribution >= 0.6 is 11.3 Å². The van der Waals surface area contributed by atoms with Crippen LogP contribution in [0.5, 0.6) is 0 Å². The van der Waals surface area contributed by atoms with E-state index in [1.807, 2.05) is 0 Å². The largest absolute Gasteiger partial charge is 0.316 e. The molecule has 0 saturated heterocycles. The zero-order chi connectivity index (χ0) is 12.9. The number of rotatable bonds is 6. The van der Waals surface area contributed by atoms with Crippen LogP contribution < -0.4 is 5.32 Å². The molecule has 98 valence electrons. The molecule has 3 heteroatoms. The van der Waals surface area contributed by atoms with Crippen LogP contribution in [0.15, 0.2) is 5.38 Å². The van der Waals surface area contributed by atoms with Gasteiger partial charge in [-0.25, -0.2) is 4.98 Å². The lowest BCUT2D eigenvalue weighted by Crippen LogP contribution is -2.23. The molecule has 0 amide bonds. The van der Waals surface area contributed by atoms with Gasteiger partial charge in [0.1, 0.15) is 0 Å². The number of thiazole rings is 1. The van der Waals surface area contributed by atoms with Crippen molar-refractivity contribution in [3.8, 4) is 0 Å². The molecule has 0 aliphatic carbocycles. The summed E-state index contributed by atoms with van der Waals surface area (Å²) in [6.45, 7) is 13.4. The van der Waals surface area contributed by atoms with Gasteiger partial charge in [-0.3, -0.25) is 0 Å². The maximum absolute atomic E-state index is 4.74. The Balaban J connectivity index is 2.43. The topological polar surface area (TPSA) is 24.9 Å². The number of nitrogens with zero attached hydrogens (tertiary/aromatic N) is 1. The van der Waals surface area contributed by atoms with Crippen molar-refractivity contribution in [2.75, 3.05) is 13.1 Å². The second kappa shape index (κ2) is 6.50. The highest BCUT2D eigenvalue weighted by Gasteiger charge is 2.17. The van der Waals surface area contributed by atoms with Gasteiger partial charge in [0.25, 0.3) is 0 Å². The Morgan fingerprint density at radius 1 is 1.41 bits per heavy atom. The van der Waals surface area contributed by atoms with Gasteiger partial charge < -0.3 is 5.32 Å². The van der Waals surface area contributed by atoms with E-state index in [0.29, 0.717) is 5.92 Å². The Hall–Kier alpha value is -0.410. The van der Waals surface area contributed by atoms with Gasteiger partial charge in [-0.1, -0.05) is 34.6 Å². The second-order valence-corrected chi connectivity index (χ2v) is 6.83. The summed E-state index contributed by atoms with van der Waals surface area (Å²) in [5, 5.41) is 6.96. The molecule has 0 fully saturated rings. The number of nitrogens with one attached hydrogen (secondary N) is 1. The van der Waals surface area contributed by atoms with Crippen LogP contribution in [0.25, 0.3) is 0 Å². The van der Waals surface area contributed by atoms with Crippen molar-refractivity contribution in [3.63, 3.8) is 0 Å². The summed E-state index contributed by atoms with van der Waals surface area (Å²) >= 11 is 1.81. The first-order chi connectivity index (χ1) is 7.93. The predicted molar refractivity (Wildman–Crippen MR) is 76.8 cm³/mol. The minimum Gasteiger partial charge on any atom is -0.316 e. The van der Waals surface area contributed by atoms with Crippen molar-refractivity contribution in [3.05, 3.63) is 16.1 Å². The average molecular weight is 254 g/mol. The Bertz CT molecular complexity index is 325. The van der Waals surface area contributed by atoms with Crippen LogP contribution in [0.4, 0.5) is 0 Å². The van der Waals surface area contributed by atoms with E-state index in [0.717, 1.165) is 19.5 Å².